The number of piperazine rings is 1. The zero-order chi connectivity index (χ0) is 6.24. The van der Waals surface area contributed by atoms with E-state index in [-0.39, 0.29) is 6.15 Å². The van der Waals surface area contributed by atoms with Gasteiger partial charge in [0.25, 0.3) is 0 Å². The maximum atomic E-state index is 4.64. The van der Waals surface area contributed by atoms with Crippen molar-refractivity contribution in [3.8, 4) is 0 Å². The van der Waals surface area contributed by atoms with Crippen molar-refractivity contribution in [1.82, 2.24) is 16.8 Å². The van der Waals surface area contributed by atoms with Gasteiger partial charge in [0.15, 0.2) is 0 Å². The molecule has 0 aromatic carbocycles. The number of nitrogens with one attached hydrogen (secondary N) is 2. The van der Waals surface area contributed by atoms with Gasteiger partial charge < -0.3 is 16.8 Å². The Morgan fingerprint density at radius 2 is 1.11 bits per heavy atom. The predicted molar refractivity (Wildman–Crippen MR) is 42.5 cm³/mol. The van der Waals surface area contributed by atoms with Crippen LogP contribution in [0.1, 0.15) is 0 Å². The number of rotatable bonds is 0. The smallest absolute Gasteiger partial charge is 0.0108 e. The lowest BCUT2D eigenvalue weighted by Gasteiger charge is -2.11. The summed E-state index contributed by atoms with van der Waals surface area (Å²) in [5.41, 5.74) is 0. The normalized spacial score (nSPS) is 16.7. The average molecular weight is 154 g/mol. The summed E-state index contributed by atoms with van der Waals surface area (Å²) in [6.07, 6.45) is 1.47. The second-order valence-electron chi connectivity index (χ2n) is 1.50. The van der Waals surface area contributed by atoms with Gasteiger partial charge in [0.05, 0.1) is 0 Å². The van der Waals surface area contributed by atoms with Crippen LogP contribution in [0.5, 0.6) is 0 Å². The first-order chi connectivity index (χ1) is 4.00. The van der Waals surface area contributed by atoms with Gasteiger partial charge in [-0.3, -0.25) is 0 Å². The third-order valence-corrected chi connectivity index (χ3v) is 0.957. The summed E-state index contributed by atoms with van der Waals surface area (Å²) in [6, 6.07) is 0. The Morgan fingerprint density at radius 3 is 1.22 bits per heavy atom. The van der Waals surface area contributed by atoms with Crippen molar-refractivity contribution in [3.05, 3.63) is 0 Å². The number of hydrogen-bond donors (Lipinski definition) is 3. The molecule has 0 aromatic rings. The molecule has 0 aromatic heterocycles. The van der Waals surface area contributed by atoms with E-state index in [9.17, 15) is 0 Å². The van der Waals surface area contributed by atoms with Crippen LogP contribution in [-0.2, 0) is 0 Å². The molecule has 0 radical (unpaired) electrons. The average Bonchev–Trinajstić information content (AvgIpc) is 1.96. The second kappa shape index (κ2) is 11.0. The summed E-state index contributed by atoms with van der Waals surface area (Å²) >= 11 is 4.64. The van der Waals surface area contributed by atoms with E-state index >= 15 is 0 Å². The largest absolute Gasteiger partial charge is 0.344 e. The van der Waals surface area contributed by atoms with Crippen LogP contribution in [0.15, 0.2) is 0 Å². The highest BCUT2D eigenvalue weighted by Crippen LogP contribution is 1.65. The first kappa shape index (κ1) is 11.9. The molecular formula is C5H16ClN3. The van der Waals surface area contributed by atoms with Gasteiger partial charge in [-0.15, -0.1) is 11.6 Å². The molecule has 1 fully saturated rings. The standard InChI is InChI=1S/C4H10N2.CH3Cl.H3N/c1-2-6-4-3-5-1;1-2;/h5-6H,1-4H2;1H3;1H3. The molecule has 1 rings (SSSR count). The van der Waals surface area contributed by atoms with Crippen LogP contribution in [0, 0.1) is 0 Å². The number of hydrogen-bond acceptors (Lipinski definition) is 3. The highest BCUT2D eigenvalue weighted by molar-refractivity contribution is 6.15. The molecule has 58 valence electrons. The molecule has 5 N–H and O–H groups in total. The summed E-state index contributed by atoms with van der Waals surface area (Å²) in [5, 5.41) is 6.44. The zero-order valence-electron chi connectivity index (χ0n) is 5.91. The lowest BCUT2D eigenvalue weighted by molar-refractivity contribution is 0.534. The van der Waals surface area contributed by atoms with Gasteiger partial charge in [-0.05, 0) is 0 Å². The van der Waals surface area contributed by atoms with E-state index in [2.05, 4.69) is 22.2 Å². The molecule has 0 atom stereocenters. The molecular weight excluding hydrogens is 138 g/mol. The molecule has 1 saturated heterocycles. The van der Waals surface area contributed by atoms with E-state index in [0.717, 1.165) is 26.2 Å². The van der Waals surface area contributed by atoms with E-state index in [1.807, 2.05) is 0 Å². The van der Waals surface area contributed by atoms with Crippen LogP contribution in [0.3, 0.4) is 0 Å². The minimum absolute atomic E-state index is 0. The lowest BCUT2D eigenvalue weighted by Crippen LogP contribution is -2.39. The molecule has 0 aliphatic carbocycles. The molecule has 1 aliphatic heterocycles. The summed E-state index contributed by atoms with van der Waals surface area (Å²) in [7, 11) is 0. The van der Waals surface area contributed by atoms with Crippen molar-refractivity contribution in [2.75, 3.05) is 32.6 Å². The number of alkyl halides is 1. The molecule has 0 amide bonds. The summed E-state index contributed by atoms with van der Waals surface area (Å²) < 4.78 is 0. The molecule has 0 spiro atoms. The Labute approximate surface area is 61.7 Å². The van der Waals surface area contributed by atoms with Crippen molar-refractivity contribution in [2.24, 2.45) is 0 Å². The van der Waals surface area contributed by atoms with Gasteiger partial charge in [0.2, 0.25) is 0 Å². The van der Waals surface area contributed by atoms with E-state index in [1.165, 1.54) is 6.38 Å². The van der Waals surface area contributed by atoms with Gasteiger partial charge in [-0.25, -0.2) is 0 Å². The van der Waals surface area contributed by atoms with Crippen LogP contribution in [0.25, 0.3) is 0 Å². The molecule has 0 saturated carbocycles. The van der Waals surface area contributed by atoms with Gasteiger partial charge >= 0.3 is 0 Å². The fourth-order valence-corrected chi connectivity index (χ4v) is 0.604. The van der Waals surface area contributed by atoms with Crippen molar-refractivity contribution >= 4 is 11.6 Å². The highest BCUT2D eigenvalue weighted by atomic mass is 35.5. The van der Waals surface area contributed by atoms with Crippen LogP contribution < -0.4 is 16.8 Å². The molecule has 1 aliphatic rings. The van der Waals surface area contributed by atoms with Crippen molar-refractivity contribution in [3.63, 3.8) is 0 Å². The Bertz CT molecular complexity index is 27.7. The van der Waals surface area contributed by atoms with Gasteiger partial charge in [-0.2, -0.15) is 0 Å². The van der Waals surface area contributed by atoms with Crippen LogP contribution in [-0.4, -0.2) is 32.6 Å². The monoisotopic (exact) mass is 153 g/mol. The fraction of sp³-hybridized carbons (Fsp3) is 1.00. The van der Waals surface area contributed by atoms with Crippen LogP contribution in [0.4, 0.5) is 0 Å². The third-order valence-electron chi connectivity index (χ3n) is 0.957. The molecule has 0 bridgehead atoms. The summed E-state index contributed by atoms with van der Waals surface area (Å²) in [5.74, 6) is 0. The zero-order valence-corrected chi connectivity index (χ0v) is 6.67. The summed E-state index contributed by atoms with van der Waals surface area (Å²) in [4.78, 5) is 0. The van der Waals surface area contributed by atoms with Crippen LogP contribution in [0.2, 0.25) is 0 Å². The Morgan fingerprint density at radius 1 is 0.889 bits per heavy atom. The third kappa shape index (κ3) is 8.17. The highest BCUT2D eigenvalue weighted by Gasteiger charge is 1.91. The maximum absolute atomic E-state index is 4.64. The fourth-order valence-electron chi connectivity index (χ4n) is 0.604. The van der Waals surface area contributed by atoms with Crippen LogP contribution >= 0.6 is 11.6 Å². The first-order valence-corrected chi connectivity index (χ1v) is 3.55. The van der Waals surface area contributed by atoms with E-state index in [0.29, 0.717) is 0 Å². The first-order valence-electron chi connectivity index (χ1n) is 2.79. The minimum Gasteiger partial charge on any atom is -0.344 e. The molecule has 0 unspecified atom stereocenters. The van der Waals surface area contributed by atoms with Gasteiger partial charge in [-0.1, -0.05) is 0 Å². The Balaban J connectivity index is 0. The Kier molecular flexibility index (Phi) is 14.6. The molecule has 9 heavy (non-hydrogen) atoms. The van der Waals surface area contributed by atoms with E-state index < -0.39 is 0 Å². The van der Waals surface area contributed by atoms with E-state index in [4.69, 9.17) is 0 Å². The van der Waals surface area contributed by atoms with Gasteiger partial charge in [0, 0.05) is 32.6 Å². The summed E-state index contributed by atoms with van der Waals surface area (Å²) in [6.45, 7) is 4.56. The minimum atomic E-state index is 0. The SMILES string of the molecule is C1CNCCN1.CCl.N. The predicted octanol–water partition coefficient (Wildman–Crippen LogP) is 0.196. The topological polar surface area (TPSA) is 59.1 Å². The second-order valence-corrected chi connectivity index (χ2v) is 1.50. The lowest BCUT2D eigenvalue weighted by atomic mass is 10.4. The number of halogens is 1. The molecule has 3 nitrogen and oxygen atoms in total. The molecule has 4 heteroatoms. The van der Waals surface area contributed by atoms with Crippen molar-refractivity contribution < 1.29 is 0 Å². The molecule has 1 heterocycles. The van der Waals surface area contributed by atoms with Crippen molar-refractivity contribution in [2.45, 2.75) is 0 Å². The van der Waals surface area contributed by atoms with E-state index in [1.54, 1.807) is 0 Å². The quantitative estimate of drug-likeness (QED) is 0.436. The Hall–Kier alpha value is 0.170. The maximum Gasteiger partial charge on any atom is 0.0108 e. The van der Waals surface area contributed by atoms with Crippen molar-refractivity contribution in [1.29, 1.82) is 0 Å². The van der Waals surface area contributed by atoms with Gasteiger partial charge in [0.1, 0.15) is 0 Å².